The minimum atomic E-state index is -2.45. The quantitative estimate of drug-likeness (QED) is 0.800. The highest BCUT2D eigenvalue weighted by Gasteiger charge is 2.42. The van der Waals surface area contributed by atoms with E-state index < -0.39 is 5.92 Å². The summed E-state index contributed by atoms with van der Waals surface area (Å²) in [5.41, 5.74) is 0. The Balaban J connectivity index is 1.85. The van der Waals surface area contributed by atoms with Gasteiger partial charge in [0.2, 0.25) is 0 Å². The standard InChI is InChI=1S/C12H22F2N2/c1-16-6-3-11(4-7-16)12(13,14)8-10-2-5-15-9-10/h10-11,15H,2-9H2,1H3. The zero-order chi connectivity index (χ0) is 11.6. The zero-order valence-corrected chi connectivity index (χ0v) is 10.0. The fraction of sp³-hybridized carbons (Fsp3) is 1.00. The molecule has 0 saturated carbocycles. The summed E-state index contributed by atoms with van der Waals surface area (Å²) in [6, 6.07) is 0. The van der Waals surface area contributed by atoms with Crippen LogP contribution < -0.4 is 5.32 Å². The average molecular weight is 232 g/mol. The fourth-order valence-electron chi connectivity index (χ4n) is 2.87. The Hall–Kier alpha value is -0.220. The molecule has 16 heavy (non-hydrogen) atoms. The Bertz CT molecular complexity index is 219. The summed E-state index contributed by atoms with van der Waals surface area (Å²) in [5.74, 6) is -2.64. The summed E-state index contributed by atoms with van der Waals surface area (Å²) < 4.78 is 28.1. The van der Waals surface area contributed by atoms with E-state index in [-0.39, 0.29) is 18.3 Å². The van der Waals surface area contributed by atoms with Crippen molar-refractivity contribution >= 4 is 0 Å². The smallest absolute Gasteiger partial charge is 0.251 e. The van der Waals surface area contributed by atoms with Gasteiger partial charge < -0.3 is 10.2 Å². The van der Waals surface area contributed by atoms with E-state index >= 15 is 0 Å². The Morgan fingerprint density at radius 1 is 1.25 bits per heavy atom. The van der Waals surface area contributed by atoms with Crippen molar-refractivity contribution in [3.63, 3.8) is 0 Å². The zero-order valence-electron chi connectivity index (χ0n) is 10.0. The third-order valence-electron chi connectivity index (χ3n) is 4.04. The number of likely N-dealkylation sites (tertiary alicyclic amines) is 1. The second-order valence-electron chi connectivity index (χ2n) is 5.40. The molecule has 2 rings (SSSR count). The van der Waals surface area contributed by atoms with Crippen LogP contribution in [-0.4, -0.2) is 44.0 Å². The highest BCUT2D eigenvalue weighted by atomic mass is 19.3. The molecular weight excluding hydrogens is 210 g/mol. The highest BCUT2D eigenvalue weighted by Crippen LogP contribution is 2.38. The summed E-state index contributed by atoms with van der Waals surface area (Å²) in [4.78, 5) is 2.14. The SMILES string of the molecule is CN1CCC(C(F)(F)CC2CCNC2)CC1. The van der Waals surface area contributed by atoms with Crippen molar-refractivity contribution in [2.75, 3.05) is 33.2 Å². The van der Waals surface area contributed by atoms with Crippen molar-refractivity contribution in [2.45, 2.75) is 31.6 Å². The van der Waals surface area contributed by atoms with E-state index in [0.29, 0.717) is 12.8 Å². The molecule has 1 N–H and O–H groups in total. The second kappa shape index (κ2) is 4.96. The maximum Gasteiger partial charge on any atom is 0.251 e. The van der Waals surface area contributed by atoms with Crippen LogP contribution in [0.5, 0.6) is 0 Å². The third kappa shape index (κ3) is 2.92. The van der Waals surface area contributed by atoms with E-state index in [1.165, 1.54) is 0 Å². The fourth-order valence-corrected chi connectivity index (χ4v) is 2.87. The number of halogens is 2. The number of hydrogen-bond acceptors (Lipinski definition) is 2. The largest absolute Gasteiger partial charge is 0.316 e. The lowest BCUT2D eigenvalue weighted by Crippen LogP contribution is -2.40. The Kier molecular flexibility index (Phi) is 3.80. The molecule has 0 radical (unpaired) electrons. The van der Waals surface area contributed by atoms with Crippen LogP contribution in [-0.2, 0) is 0 Å². The molecule has 0 aromatic rings. The normalized spacial score (nSPS) is 29.8. The van der Waals surface area contributed by atoms with Gasteiger partial charge in [-0.05, 0) is 58.4 Å². The lowest BCUT2D eigenvalue weighted by atomic mass is 9.85. The molecule has 2 saturated heterocycles. The molecule has 94 valence electrons. The van der Waals surface area contributed by atoms with Crippen LogP contribution >= 0.6 is 0 Å². The van der Waals surface area contributed by atoms with Crippen molar-refractivity contribution in [3.05, 3.63) is 0 Å². The van der Waals surface area contributed by atoms with Crippen molar-refractivity contribution in [1.29, 1.82) is 0 Å². The van der Waals surface area contributed by atoms with E-state index in [1.807, 2.05) is 7.05 Å². The van der Waals surface area contributed by atoms with E-state index in [9.17, 15) is 8.78 Å². The predicted octanol–water partition coefficient (Wildman–Crippen LogP) is 1.96. The van der Waals surface area contributed by atoms with Crippen LogP contribution in [0, 0.1) is 11.8 Å². The number of hydrogen-bond donors (Lipinski definition) is 1. The van der Waals surface area contributed by atoms with Crippen LogP contribution in [0.2, 0.25) is 0 Å². The molecule has 1 unspecified atom stereocenters. The maximum absolute atomic E-state index is 14.0. The number of piperidine rings is 1. The second-order valence-corrected chi connectivity index (χ2v) is 5.40. The number of rotatable bonds is 3. The highest BCUT2D eigenvalue weighted by molar-refractivity contribution is 4.86. The van der Waals surface area contributed by atoms with Crippen LogP contribution in [0.4, 0.5) is 8.78 Å². The van der Waals surface area contributed by atoms with Gasteiger partial charge in [0.1, 0.15) is 0 Å². The minimum absolute atomic E-state index is 0.0916. The molecular formula is C12H22F2N2. The van der Waals surface area contributed by atoms with Crippen molar-refractivity contribution in [2.24, 2.45) is 11.8 Å². The molecule has 2 heterocycles. The first-order valence-corrected chi connectivity index (χ1v) is 6.35. The van der Waals surface area contributed by atoms with Crippen LogP contribution in [0.1, 0.15) is 25.7 Å². The predicted molar refractivity (Wildman–Crippen MR) is 60.8 cm³/mol. The third-order valence-corrected chi connectivity index (χ3v) is 4.04. The minimum Gasteiger partial charge on any atom is -0.316 e. The van der Waals surface area contributed by atoms with Gasteiger partial charge in [0.15, 0.2) is 0 Å². The molecule has 2 aliphatic rings. The summed E-state index contributed by atoms with van der Waals surface area (Å²) in [5, 5.41) is 3.16. The molecule has 2 fully saturated rings. The monoisotopic (exact) mass is 232 g/mol. The molecule has 1 atom stereocenters. The Morgan fingerprint density at radius 2 is 1.94 bits per heavy atom. The van der Waals surface area contributed by atoms with Gasteiger partial charge >= 0.3 is 0 Å². The summed E-state index contributed by atoms with van der Waals surface area (Å²) in [6.07, 6.45) is 2.32. The van der Waals surface area contributed by atoms with Gasteiger partial charge in [0, 0.05) is 12.3 Å². The van der Waals surface area contributed by atoms with Crippen molar-refractivity contribution in [1.82, 2.24) is 10.2 Å². The molecule has 0 amide bonds. The lowest BCUT2D eigenvalue weighted by Gasteiger charge is -2.35. The van der Waals surface area contributed by atoms with Crippen molar-refractivity contribution in [3.8, 4) is 0 Å². The number of alkyl halides is 2. The topological polar surface area (TPSA) is 15.3 Å². The van der Waals surface area contributed by atoms with Crippen LogP contribution in [0.25, 0.3) is 0 Å². The Morgan fingerprint density at radius 3 is 2.50 bits per heavy atom. The van der Waals surface area contributed by atoms with Gasteiger partial charge in [-0.25, -0.2) is 8.78 Å². The van der Waals surface area contributed by atoms with Gasteiger partial charge in [-0.3, -0.25) is 0 Å². The number of nitrogens with zero attached hydrogens (tertiary/aromatic N) is 1. The first kappa shape index (κ1) is 12.2. The molecule has 2 aliphatic heterocycles. The van der Waals surface area contributed by atoms with Gasteiger partial charge in [-0.15, -0.1) is 0 Å². The first-order valence-electron chi connectivity index (χ1n) is 6.35. The molecule has 2 nitrogen and oxygen atoms in total. The Labute approximate surface area is 96.4 Å². The summed E-state index contributed by atoms with van der Waals surface area (Å²) >= 11 is 0. The van der Waals surface area contributed by atoms with Gasteiger partial charge in [-0.2, -0.15) is 0 Å². The molecule has 0 aliphatic carbocycles. The van der Waals surface area contributed by atoms with E-state index in [0.717, 1.165) is 32.6 Å². The van der Waals surface area contributed by atoms with Crippen LogP contribution in [0.15, 0.2) is 0 Å². The van der Waals surface area contributed by atoms with Crippen molar-refractivity contribution < 1.29 is 8.78 Å². The molecule has 0 bridgehead atoms. The van der Waals surface area contributed by atoms with Gasteiger partial charge in [0.25, 0.3) is 5.92 Å². The van der Waals surface area contributed by atoms with E-state index in [1.54, 1.807) is 0 Å². The van der Waals surface area contributed by atoms with E-state index in [4.69, 9.17) is 0 Å². The average Bonchev–Trinajstić information content (AvgIpc) is 2.70. The molecule has 0 spiro atoms. The van der Waals surface area contributed by atoms with E-state index in [2.05, 4.69) is 10.2 Å². The lowest BCUT2D eigenvalue weighted by molar-refractivity contribution is -0.0921. The van der Waals surface area contributed by atoms with Crippen LogP contribution in [0.3, 0.4) is 0 Å². The van der Waals surface area contributed by atoms with Gasteiger partial charge in [-0.1, -0.05) is 0 Å². The molecule has 4 heteroatoms. The number of nitrogens with one attached hydrogen (secondary N) is 1. The summed E-state index contributed by atoms with van der Waals surface area (Å²) in [6.45, 7) is 3.34. The van der Waals surface area contributed by atoms with Gasteiger partial charge in [0.05, 0.1) is 0 Å². The maximum atomic E-state index is 14.0. The summed E-state index contributed by atoms with van der Waals surface area (Å²) in [7, 11) is 2.01. The molecule has 0 aromatic carbocycles. The first-order chi connectivity index (χ1) is 7.58. The molecule has 0 aromatic heterocycles.